The molecule has 7 nitrogen and oxygen atoms in total. The number of aromatic nitrogens is 2. The zero-order valence-corrected chi connectivity index (χ0v) is 18.6. The summed E-state index contributed by atoms with van der Waals surface area (Å²) in [6, 6.07) is 17.2. The van der Waals surface area contributed by atoms with Crippen molar-refractivity contribution in [3.05, 3.63) is 101 Å². The first-order valence-electron chi connectivity index (χ1n) is 10.5. The van der Waals surface area contributed by atoms with Crippen molar-refractivity contribution in [3.8, 4) is 17.2 Å². The third-order valence-electron chi connectivity index (χ3n) is 5.15. The van der Waals surface area contributed by atoms with Gasteiger partial charge in [0.05, 0.1) is 4.90 Å². The average Bonchev–Trinajstić information content (AvgIpc) is 2.86. The van der Waals surface area contributed by atoms with Crippen molar-refractivity contribution in [2.45, 2.75) is 4.90 Å². The van der Waals surface area contributed by atoms with E-state index in [0.717, 1.165) is 23.0 Å². The van der Waals surface area contributed by atoms with E-state index < -0.39 is 17.3 Å². The Balaban J connectivity index is 1.31. The van der Waals surface area contributed by atoms with E-state index in [-0.39, 0.29) is 5.56 Å². The van der Waals surface area contributed by atoms with Crippen LogP contribution >= 0.6 is 11.8 Å². The summed E-state index contributed by atoms with van der Waals surface area (Å²) in [5, 5.41) is 5.99. The molecule has 0 saturated heterocycles. The molecule has 0 atom stereocenters. The second kappa shape index (κ2) is 9.40. The van der Waals surface area contributed by atoms with Crippen LogP contribution in [-0.2, 0) is 0 Å². The predicted octanol–water partition coefficient (Wildman–Crippen LogP) is 4.93. The largest absolute Gasteiger partial charge is 0.456 e. The minimum atomic E-state index is -0.541. The van der Waals surface area contributed by atoms with Crippen molar-refractivity contribution in [1.82, 2.24) is 9.55 Å². The van der Waals surface area contributed by atoms with Gasteiger partial charge in [0, 0.05) is 42.1 Å². The topological polar surface area (TPSA) is 85.2 Å². The Morgan fingerprint density at radius 2 is 1.88 bits per heavy atom. The van der Waals surface area contributed by atoms with E-state index in [9.17, 15) is 14.0 Å². The van der Waals surface area contributed by atoms with E-state index in [1.807, 2.05) is 6.07 Å². The van der Waals surface area contributed by atoms with Gasteiger partial charge in [-0.25, -0.2) is 9.37 Å². The van der Waals surface area contributed by atoms with Gasteiger partial charge in [-0.1, -0.05) is 0 Å². The number of hydrogen-bond donors (Lipinski definition) is 2. The van der Waals surface area contributed by atoms with E-state index >= 15 is 0 Å². The molecule has 1 aliphatic rings. The van der Waals surface area contributed by atoms with Gasteiger partial charge in [0.2, 0.25) is 0 Å². The number of thioether (sulfide) groups is 1. The van der Waals surface area contributed by atoms with Crippen LogP contribution < -0.4 is 20.9 Å². The van der Waals surface area contributed by atoms with Crippen molar-refractivity contribution in [3.63, 3.8) is 0 Å². The molecule has 9 heteroatoms. The van der Waals surface area contributed by atoms with Crippen LogP contribution in [0.15, 0.2) is 88.8 Å². The number of nitrogens with one attached hydrogen (secondary N) is 2. The van der Waals surface area contributed by atoms with Gasteiger partial charge in [0.15, 0.2) is 0 Å². The molecule has 5 rings (SSSR count). The van der Waals surface area contributed by atoms with E-state index in [1.54, 1.807) is 48.3 Å². The highest BCUT2D eigenvalue weighted by molar-refractivity contribution is 7.99. The van der Waals surface area contributed by atoms with Crippen molar-refractivity contribution in [2.24, 2.45) is 0 Å². The number of halogens is 1. The highest BCUT2D eigenvalue weighted by atomic mass is 32.2. The van der Waals surface area contributed by atoms with Gasteiger partial charge in [-0.05, 0) is 60.7 Å². The minimum Gasteiger partial charge on any atom is -0.456 e. The van der Waals surface area contributed by atoms with Crippen LogP contribution in [0, 0.1) is 5.82 Å². The highest BCUT2D eigenvalue weighted by Gasteiger charge is 2.17. The van der Waals surface area contributed by atoms with Crippen molar-refractivity contribution in [2.75, 3.05) is 22.9 Å². The van der Waals surface area contributed by atoms with Crippen molar-refractivity contribution in [1.29, 1.82) is 0 Å². The molecule has 0 fully saturated rings. The van der Waals surface area contributed by atoms with Gasteiger partial charge in [-0.2, -0.15) is 0 Å². The Kier molecular flexibility index (Phi) is 6.01. The number of pyridine rings is 2. The number of fused-ring (bicyclic) bond motifs is 1. The third kappa shape index (κ3) is 4.51. The van der Waals surface area contributed by atoms with Gasteiger partial charge in [-0.3, -0.25) is 14.2 Å². The molecule has 0 aliphatic carbocycles. The van der Waals surface area contributed by atoms with Crippen LogP contribution in [0.3, 0.4) is 0 Å². The monoisotopic (exact) mass is 474 g/mol. The lowest BCUT2D eigenvalue weighted by molar-refractivity contribution is 0.102. The van der Waals surface area contributed by atoms with Crippen LogP contribution in [0.25, 0.3) is 5.69 Å². The van der Waals surface area contributed by atoms with Crippen LogP contribution in [0.5, 0.6) is 11.5 Å². The average molecular weight is 475 g/mol. The smallest absolute Gasteiger partial charge is 0.267 e. The number of ether oxygens (including phenoxy) is 1. The van der Waals surface area contributed by atoms with Crippen LogP contribution in [0.1, 0.15) is 10.4 Å². The number of benzene rings is 2. The quantitative estimate of drug-likeness (QED) is 0.427. The molecular formula is C25H19FN4O3S. The Morgan fingerprint density at radius 3 is 2.68 bits per heavy atom. The molecule has 1 amide bonds. The lowest BCUT2D eigenvalue weighted by Crippen LogP contribution is -2.27. The first-order chi connectivity index (χ1) is 16.6. The van der Waals surface area contributed by atoms with Crippen LogP contribution in [-0.4, -0.2) is 27.8 Å². The zero-order valence-electron chi connectivity index (χ0n) is 17.8. The fourth-order valence-corrected chi connectivity index (χ4v) is 4.42. The summed E-state index contributed by atoms with van der Waals surface area (Å²) in [5.41, 5.74) is 0.455. The SMILES string of the molecule is O=C(Nc1ccc(Oc2ccnc3c2SCCN3)cc1)c1cccn(-c2ccc(F)cc2)c1=O. The number of amides is 1. The van der Waals surface area contributed by atoms with E-state index in [4.69, 9.17) is 4.74 Å². The molecule has 4 aromatic rings. The first-order valence-corrected chi connectivity index (χ1v) is 11.5. The molecule has 0 radical (unpaired) electrons. The second-order valence-electron chi connectivity index (χ2n) is 7.42. The molecular weight excluding hydrogens is 455 g/mol. The van der Waals surface area contributed by atoms with Gasteiger partial charge in [-0.15, -0.1) is 11.8 Å². The van der Waals surface area contributed by atoms with E-state index in [0.29, 0.717) is 22.9 Å². The van der Waals surface area contributed by atoms with Crippen molar-refractivity contribution < 1.29 is 13.9 Å². The summed E-state index contributed by atoms with van der Waals surface area (Å²) in [6.07, 6.45) is 3.23. The number of hydrogen-bond acceptors (Lipinski definition) is 6. The normalized spacial score (nSPS) is 12.4. The van der Waals surface area contributed by atoms with Gasteiger partial charge in [0.1, 0.15) is 28.7 Å². The predicted molar refractivity (Wildman–Crippen MR) is 130 cm³/mol. The maximum atomic E-state index is 13.2. The molecule has 0 unspecified atom stereocenters. The molecule has 0 saturated carbocycles. The van der Waals surface area contributed by atoms with Gasteiger partial charge < -0.3 is 15.4 Å². The molecule has 2 N–H and O–H groups in total. The van der Waals surface area contributed by atoms with Crippen molar-refractivity contribution >= 4 is 29.2 Å². The Labute approximate surface area is 198 Å². The molecule has 1 aliphatic heterocycles. The molecule has 2 aromatic heterocycles. The lowest BCUT2D eigenvalue weighted by atomic mass is 10.2. The number of carbonyl (C=O) groups excluding carboxylic acids is 1. The summed E-state index contributed by atoms with van der Waals surface area (Å²) in [6.45, 7) is 0.860. The minimum absolute atomic E-state index is 0.0277. The highest BCUT2D eigenvalue weighted by Crippen LogP contribution is 2.39. The molecule has 3 heterocycles. The van der Waals surface area contributed by atoms with E-state index in [1.165, 1.54) is 41.1 Å². The number of rotatable bonds is 5. The molecule has 0 spiro atoms. The first kappa shape index (κ1) is 21.7. The summed E-state index contributed by atoms with van der Waals surface area (Å²) in [5.74, 6) is 2.12. The fraction of sp³-hybridized carbons (Fsp3) is 0.0800. The number of anilines is 2. The molecule has 0 bridgehead atoms. The molecule has 170 valence electrons. The Bertz CT molecular complexity index is 1410. The standard InChI is InChI=1S/C25H19FN4O3S/c26-16-3-7-18(8-4-16)30-14-1-2-20(25(30)32)24(31)29-17-5-9-19(10-6-17)33-21-11-12-27-23-22(21)34-15-13-28-23/h1-12,14H,13,15H2,(H,27,28)(H,29,31). The molecule has 2 aromatic carbocycles. The summed E-state index contributed by atoms with van der Waals surface area (Å²) < 4.78 is 20.5. The van der Waals surface area contributed by atoms with Gasteiger partial charge >= 0.3 is 0 Å². The summed E-state index contributed by atoms with van der Waals surface area (Å²) >= 11 is 1.69. The maximum Gasteiger partial charge on any atom is 0.267 e. The van der Waals surface area contributed by atoms with Gasteiger partial charge in [0.25, 0.3) is 11.5 Å². The Morgan fingerprint density at radius 1 is 1.09 bits per heavy atom. The second-order valence-corrected chi connectivity index (χ2v) is 8.52. The summed E-state index contributed by atoms with van der Waals surface area (Å²) in [4.78, 5) is 30.9. The van der Waals surface area contributed by atoms with Crippen LogP contribution in [0.4, 0.5) is 15.9 Å². The lowest BCUT2D eigenvalue weighted by Gasteiger charge is -2.19. The number of carbonyl (C=O) groups is 1. The van der Waals surface area contributed by atoms with E-state index in [2.05, 4.69) is 15.6 Å². The maximum absolute atomic E-state index is 13.2. The molecule has 34 heavy (non-hydrogen) atoms. The summed E-state index contributed by atoms with van der Waals surface area (Å²) in [7, 11) is 0. The zero-order chi connectivity index (χ0) is 23.5. The fourth-order valence-electron chi connectivity index (χ4n) is 3.50. The number of nitrogens with zero attached hydrogens (tertiary/aromatic N) is 2. The van der Waals surface area contributed by atoms with Crippen LogP contribution in [0.2, 0.25) is 0 Å². The third-order valence-corrected chi connectivity index (χ3v) is 6.24. The Hall–Kier alpha value is -4.11.